The molecule has 2 aliphatic rings. The first-order valence-corrected chi connectivity index (χ1v) is 12.3. The number of aliphatic hydroxyl groups is 1. The highest BCUT2D eigenvalue weighted by molar-refractivity contribution is 6.04. The van der Waals surface area contributed by atoms with E-state index in [1.54, 1.807) is 30.5 Å². The maximum absolute atomic E-state index is 13.6. The number of H-pyrrole nitrogens is 1. The Hall–Kier alpha value is -3.65. The molecule has 0 saturated heterocycles. The number of hydrogen-bond acceptors (Lipinski definition) is 7. The summed E-state index contributed by atoms with van der Waals surface area (Å²) in [6, 6.07) is 8.41. The van der Waals surface area contributed by atoms with E-state index in [1.165, 1.54) is 7.11 Å². The second-order valence-electron chi connectivity index (χ2n) is 9.64. The molecule has 0 spiro atoms. The molecule has 1 aliphatic carbocycles. The van der Waals surface area contributed by atoms with Crippen LogP contribution in [-0.4, -0.2) is 45.4 Å². The van der Waals surface area contributed by atoms with Crippen molar-refractivity contribution in [2.75, 3.05) is 13.7 Å². The SMILES string of the molecule is COc1c(O)c(Cc2cc[nH]c2)c2c(c1OCCC1(O)CCCC1)C(=O)CC(c1ccc(O)cc1)O2. The normalized spacial score (nSPS) is 18.5. The van der Waals surface area contributed by atoms with E-state index >= 15 is 0 Å². The first-order chi connectivity index (χ1) is 17.4. The number of hydrogen-bond donors (Lipinski definition) is 4. The second kappa shape index (κ2) is 9.78. The van der Waals surface area contributed by atoms with Crippen molar-refractivity contribution in [2.24, 2.45) is 0 Å². The Kier molecular flexibility index (Phi) is 6.53. The van der Waals surface area contributed by atoms with Crippen molar-refractivity contribution in [3.63, 3.8) is 0 Å². The highest BCUT2D eigenvalue weighted by Gasteiger charge is 2.38. The largest absolute Gasteiger partial charge is 0.508 e. The van der Waals surface area contributed by atoms with E-state index in [4.69, 9.17) is 14.2 Å². The van der Waals surface area contributed by atoms with Crippen LogP contribution in [0, 0.1) is 0 Å². The molecule has 0 radical (unpaired) electrons. The molecule has 1 unspecified atom stereocenters. The summed E-state index contributed by atoms with van der Waals surface area (Å²) in [7, 11) is 1.42. The van der Waals surface area contributed by atoms with Gasteiger partial charge in [0.25, 0.3) is 0 Å². The van der Waals surface area contributed by atoms with Gasteiger partial charge in [0, 0.05) is 30.8 Å². The van der Waals surface area contributed by atoms with Gasteiger partial charge in [-0.3, -0.25) is 4.79 Å². The lowest BCUT2D eigenvalue weighted by Gasteiger charge is -2.31. The van der Waals surface area contributed by atoms with E-state index in [-0.39, 0.29) is 53.1 Å². The predicted octanol–water partition coefficient (Wildman–Crippen LogP) is 4.81. The zero-order chi connectivity index (χ0) is 25.3. The number of methoxy groups -OCH3 is 1. The summed E-state index contributed by atoms with van der Waals surface area (Å²) in [5, 5.41) is 31.7. The fraction of sp³-hybridized carbons (Fsp3) is 0.393. The molecular weight excluding hydrogens is 462 g/mol. The minimum absolute atomic E-state index is 0.0651. The zero-order valence-electron chi connectivity index (χ0n) is 20.3. The molecule has 36 heavy (non-hydrogen) atoms. The third-order valence-electron chi connectivity index (χ3n) is 7.21. The average Bonchev–Trinajstić information content (AvgIpc) is 3.54. The van der Waals surface area contributed by atoms with Crippen LogP contribution in [0.25, 0.3) is 0 Å². The molecule has 8 nitrogen and oxygen atoms in total. The number of nitrogens with one attached hydrogen (secondary N) is 1. The maximum Gasteiger partial charge on any atom is 0.204 e. The zero-order valence-corrected chi connectivity index (χ0v) is 20.3. The molecule has 1 saturated carbocycles. The summed E-state index contributed by atoms with van der Waals surface area (Å²) in [4.78, 5) is 16.6. The van der Waals surface area contributed by atoms with Gasteiger partial charge in [0.2, 0.25) is 5.75 Å². The Bertz CT molecular complexity index is 1230. The Labute approximate surface area is 209 Å². The quantitative estimate of drug-likeness (QED) is 0.355. The van der Waals surface area contributed by atoms with Crippen molar-refractivity contribution in [2.45, 2.75) is 56.7 Å². The van der Waals surface area contributed by atoms with Crippen LogP contribution in [0.5, 0.6) is 28.7 Å². The van der Waals surface area contributed by atoms with Crippen molar-refractivity contribution < 1.29 is 34.3 Å². The highest BCUT2D eigenvalue weighted by Crippen LogP contribution is 2.53. The van der Waals surface area contributed by atoms with Crippen LogP contribution in [0.3, 0.4) is 0 Å². The molecule has 190 valence electrons. The molecule has 2 heterocycles. The van der Waals surface area contributed by atoms with Crippen LogP contribution in [0.1, 0.15) is 71.7 Å². The number of phenols is 2. The van der Waals surface area contributed by atoms with Crippen LogP contribution in [0.15, 0.2) is 42.7 Å². The number of rotatable bonds is 8. The number of aromatic hydroxyl groups is 2. The standard InChI is InChI=1S/C28H31NO7/c1-34-27-24(32)20(14-17-8-12-29-16-17)25-23(26(27)35-13-11-28(33)9-2-3-10-28)21(31)15-22(36-25)18-4-6-19(30)7-5-18/h4-8,12,16,22,29-30,32-33H,2-3,9-11,13-15H2,1H3. The summed E-state index contributed by atoms with van der Waals surface area (Å²) in [6.45, 7) is 0.171. The summed E-state index contributed by atoms with van der Waals surface area (Å²) >= 11 is 0. The van der Waals surface area contributed by atoms with Crippen molar-refractivity contribution in [3.05, 3.63) is 65.0 Å². The number of Topliss-reactive ketones (excluding diaryl/α,β-unsaturated/α-hetero) is 1. The van der Waals surface area contributed by atoms with Crippen LogP contribution in [0.4, 0.5) is 0 Å². The molecule has 1 fully saturated rings. The third kappa shape index (κ3) is 4.60. The van der Waals surface area contributed by atoms with Gasteiger partial charge in [-0.05, 0) is 42.2 Å². The smallest absolute Gasteiger partial charge is 0.204 e. The van der Waals surface area contributed by atoms with Gasteiger partial charge < -0.3 is 34.5 Å². The number of carbonyl (C=O) groups is 1. The van der Waals surface area contributed by atoms with E-state index in [1.807, 2.05) is 12.3 Å². The summed E-state index contributed by atoms with van der Waals surface area (Å²) in [6.07, 6.45) is 7.21. The molecule has 5 rings (SSSR count). The second-order valence-corrected chi connectivity index (χ2v) is 9.64. The van der Waals surface area contributed by atoms with Crippen LogP contribution in [0.2, 0.25) is 0 Å². The van der Waals surface area contributed by atoms with Crippen molar-refractivity contribution in [1.29, 1.82) is 0 Å². The number of aromatic nitrogens is 1. The van der Waals surface area contributed by atoms with Crippen LogP contribution < -0.4 is 14.2 Å². The fourth-order valence-electron chi connectivity index (χ4n) is 5.22. The molecule has 1 atom stereocenters. The molecule has 3 aromatic rings. The molecule has 2 aromatic carbocycles. The number of benzene rings is 2. The van der Waals surface area contributed by atoms with Gasteiger partial charge in [0.15, 0.2) is 17.3 Å². The van der Waals surface area contributed by atoms with Gasteiger partial charge in [-0.25, -0.2) is 0 Å². The Morgan fingerprint density at radius 2 is 1.86 bits per heavy atom. The van der Waals surface area contributed by atoms with Gasteiger partial charge >= 0.3 is 0 Å². The molecule has 1 aromatic heterocycles. The van der Waals surface area contributed by atoms with Gasteiger partial charge in [-0.15, -0.1) is 0 Å². The molecule has 1 aliphatic heterocycles. The monoisotopic (exact) mass is 493 g/mol. The summed E-state index contributed by atoms with van der Waals surface area (Å²) in [5.74, 6) is 0.259. The van der Waals surface area contributed by atoms with Crippen LogP contribution in [-0.2, 0) is 6.42 Å². The fourth-order valence-corrected chi connectivity index (χ4v) is 5.22. The van der Waals surface area contributed by atoms with E-state index in [0.717, 1.165) is 36.8 Å². The van der Waals surface area contributed by atoms with E-state index in [0.29, 0.717) is 18.4 Å². The third-order valence-corrected chi connectivity index (χ3v) is 7.21. The summed E-state index contributed by atoms with van der Waals surface area (Å²) in [5.41, 5.74) is 1.53. The Balaban J connectivity index is 1.55. The van der Waals surface area contributed by atoms with Crippen LogP contribution >= 0.6 is 0 Å². The minimum Gasteiger partial charge on any atom is -0.508 e. The number of ether oxygens (including phenoxy) is 3. The van der Waals surface area contributed by atoms with E-state index in [2.05, 4.69) is 4.98 Å². The number of ketones is 1. The summed E-state index contributed by atoms with van der Waals surface area (Å²) < 4.78 is 18.0. The lowest BCUT2D eigenvalue weighted by molar-refractivity contribution is 0.0252. The van der Waals surface area contributed by atoms with Crippen molar-refractivity contribution in [3.8, 4) is 28.7 Å². The first-order valence-electron chi connectivity index (χ1n) is 12.3. The Morgan fingerprint density at radius 3 is 2.53 bits per heavy atom. The molecule has 0 amide bonds. The predicted molar refractivity (Wildman–Crippen MR) is 132 cm³/mol. The van der Waals surface area contributed by atoms with Crippen molar-refractivity contribution in [1.82, 2.24) is 4.98 Å². The van der Waals surface area contributed by atoms with Gasteiger partial charge in [-0.2, -0.15) is 0 Å². The lowest BCUT2D eigenvalue weighted by atomic mass is 9.91. The lowest BCUT2D eigenvalue weighted by Crippen LogP contribution is -2.27. The number of carbonyl (C=O) groups excluding carboxylic acids is 1. The highest BCUT2D eigenvalue weighted by atomic mass is 16.5. The molecular formula is C28H31NO7. The maximum atomic E-state index is 13.6. The topological polar surface area (TPSA) is 121 Å². The van der Waals surface area contributed by atoms with Gasteiger partial charge in [-0.1, -0.05) is 25.0 Å². The average molecular weight is 494 g/mol. The van der Waals surface area contributed by atoms with Gasteiger partial charge in [0.1, 0.15) is 23.2 Å². The number of aromatic amines is 1. The van der Waals surface area contributed by atoms with E-state index in [9.17, 15) is 20.1 Å². The van der Waals surface area contributed by atoms with E-state index < -0.39 is 11.7 Å². The first kappa shape index (κ1) is 24.1. The minimum atomic E-state index is -0.770. The number of phenolic OH excluding ortho intramolecular Hbond substituents is 2. The van der Waals surface area contributed by atoms with Crippen molar-refractivity contribution >= 4 is 5.78 Å². The Morgan fingerprint density at radius 1 is 1.11 bits per heavy atom. The molecule has 8 heteroatoms. The van der Waals surface area contributed by atoms with Gasteiger partial charge in [0.05, 0.1) is 25.7 Å². The molecule has 4 N–H and O–H groups in total. The number of fused-ring (bicyclic) bond motifs is 1. The molecule has 0 bridgehead atoms.